The largest absolute Gasteiger partial charge is 0.504 e. The molecule has 0 aliphatic rings. The first-order valence-corrected chi connectivity index (χ1v) is 6.04. The van der Waals surface area contributed by atoms with Crippen LogP contribution in [0.2, 0.25) is 0 Å². The first-order valence-electron chi connectivity index (χ1n) is 6.04. The van der Waals surface area contributed by atoms with Gasteiger partial charge in [-0.25, -0.2) is 23.1 Å². The van der Waals surface area contributed by atoms with Crippen LogP contribution in [0.3, 0.4) is 0 Å². The third-order valence-corrected chi connectivity index (χ3v) is 2.98. The number of hydrogen-bond donors (Lipinski definition) is 3. The van der Waals surface area contributed by atoms with E-state index in [1.54, 1.807) is 0 Å². The number of benzene rings is 2. The van der Waals surface area contributed by atoms with E-state index in [4.69, 9.17) is 0 Å². The van der Waals surface area contributed by atoms with E-state index in [-0.39, 0.29) is 16.7 Å². The number of phenolic OH excluding ortho intramolecular Hbond substituents is 2. The van der Waals surface area contributed by atoms with Gasteiger partial charge < -0.3 is 15.5 Å². The quantitative estimate of drug-likeness (QED) is 0.634. The van der Waals surface area contributed by atoms with Crippen molar-refractivity contribution >= 4 is 22.4 Å². The topological polar surface area (TPSA) is 78.3 Å². The van der Waals surface area contributed by atoms with Crippen LogP contribution in [-0.4, -0.2) is 20.2 Å². The number of aromatic hydroxyl groups is 2. The minimum absolute atomic E-state index is 0.00953. The van der Waals surface area contributed by atoms with Crippen molar-refractivity contribution in [1.82, 2.24) is 9.97 Å². The Kier molecular flexibility index (Phi) is 3.21. The van der Waals surface area contributed by atoms with E-state index in [0.29, 0.717) is 12.1 Å². The highest BCUT2D eigenvalue weighted by Gasteiger charge is 2.15. The summed E-state index contributed by atoms with van der Waals surface area (Å²) < 4.78 is 40.2. The maximum absolute atomic E-state index is 13.7. The first-order chi connectivity index (χ1) is 10.5. The molecule has 2 aromatic carbocycles. The smallest absolute Gasteiger partial charge is 0.159 e. The molecule has 22 heavy (non-hydrogen) atoms. The van der Waals surface area contributed by atoms with Gasteiger partial charge in [-0.3, -0.25) is 0 Å². The molecule has 112 valence electrons. The highest BCUT2D eigenvalue weighted by molar-refractivity contribution is 5.92. The lowest BCUT2D eigenvalue weighted by atomic mass is 10.2. The Bertz CT molecular complexity index is 864. The van der Waals surface area contributed by atoms with Crippen LogP contribution >= 0.6 is 0 Å². The average molecular weight is 307 g/mol. The lowest BCUT2D eigenvalue weighted by Gasteiger charge is -2.11. The molecule has 1 heterocycles. The molecule has 0 unspecified atom stereocenters. The number of halogens is 3. The lowest BCUT2D eigenvalue weighted by Crippen LogP contribution is -2.01. The van der Waals surface area contributed by atoms with Crippen molar-refractivity contribution in [3.63, 3.8) is 0 Å². The van der Waals surface area contributed by atoms with Crippen molar-refractivity contribution in [2.75, 3.05) is 5.32 Å². The molecular weight excluding hydrogens is 299 g/mol. The average Bonchev–Trinajstić information content (AvgIpc) is 2.44. The minimum Gasteiger partial charge on any atom is -0.504 e. The number of aromatic nitrogens is 2. The third kappa shape index (κ3) is 2.34. The molecule has 3 N–H and O–H groups in total. The van der Waals surface area contributed by atoms with Crippen LogP contribution in [0.25, 0.3) is 10.9 Å². The highest BCUT2D eigenvalue weighted by Crippen LogP contribution is 2.33. The zero-order valence-corrected chi connectivity index (χ0v) is 10.8. The Morgan fingerprint density at radius 2 is 1.50 bits per heavy atom. The van der Waals surface area contributed by atoms with Gasteiger partial charge in [0, 0.05) is 23.6 Å². The molecule has 0 atom stereocenters. The molecule has 0 saturated heterocycles. The van der Waals surface area contributed by atoms with E-state index in [9.17, 15) is 23.4 Å². The summed E-state index contributed by atoms with van der Waals surface area (Å²) in [6, 6.07) is 3.37. The Morgan fingerprint density at radius 3 is 2.18 bits per heavy atom. The molecule has 0 saturated carbocycles. The van der Waals surface area contributed by atoms with E-state index < -0.39 is 34.6 Å². The van der Waals surface area contributed by atoms with Crippen LogP contribution in [0.1, 0.15) is 0 Å². The van der Waals surface area contributed by atoms with Crippen molar-refractivity contribution < 1.29 is 23.4 Å². The molecule has 3 rings (SSSR count). The van der Waals surface area contributed by atoms with Crippen LogP contribution in [0.5, 0.6) is 11.5 Å². The normalized spacial score (nSPS) is 10.9. The van der Waals surface area contributed by atoms with E-state index in [0.717, 1.165) is 12.4 Å². The number of nitrogens with zero attached hydrogens (tertiary/aromatic N) is 2. The van der Waals surface area contributed by atoms with Gasteiger partial charge in [-0.05, 0) is 6.07 Å². The van der Waals surface area contributed by atoms with Crippen molar-refractivity contribution in [2.45, 2.75) is 0 Å². The second-order valence-corrected chi connectivity index (χ2v) is 4.45. The number of anilines is 2. The van der Waals surface area contributed by atoms with Crippen LogP contribution in [0.4, 0.5) is 24.7 Å². The molecule has 3 aromatic rings. The predicted octanol–water partition coefficient (Wildman–Crippen LogP) is 3.20. The van der Waals surface area contributed by atoms with E-state index in [1.807, 2.05) is 0 Å². The van der Waals surface area contributed by atoms with Gasteiger partial charge >= 0.3 is 0 Å². The third-order valence-electron chi connectivity index (χ3n) is 2.98. The van der Waals surface area contributed by atoms with E-state index in [1.165, 1.54) is 6.07 Å². The fourth-order valence-corrected chi connectivity index (χ4v) is 1.96. The Hall–Kier alpha value is -3.03. The van der Waals surface area contributed by atoms with Crippen molar-refractivity contribution in [1.29, 1.82) is 0 Å². The van der Waals surface area contributed by atoms with Crippen molar-refractivity contribution in [3.8, 4) is 11.5 Å². The lowest BCUT2D eigenvalue weighted by molar-refractivity contribution is 0.405. The summed E-state index contributed by atoms with van der Waals surface area (Å²) in [4.78, 5) is 7.71. The number of rotatable bonds is 2. The number of hydrogen-bond acceptors (Lipinski definition) is 5. The monoisotopic (exact) mass is 307 g/mol. The molecule has 0 aliphatic carbocycles. The summed E-state index contributed by atoms with van der Waals surface area (Å²) in [7, 11) is 0. The molecule has 5 nitrogen and oxygen atoms in total. The summed E-state index contributed by atoms with van der Waals surface area (Å²) in [5.41, 5.74) is -0.343. The molecule has 8 heteroatoms. The molecule has 0 spiro atoms. The Labute approximate surface area is 121 Å². The zero-order chi connectivity index (χ0) is 15.9. The second kappa shape index (κ2) is 5.06. The van der Waals surface area contributed by atoms with Gasteiger partial charge in [-0.1, -0.05) is 0 Å². The summed E-state index contributed by atoms with van der Waals surface area (Å²) in [6.07, 6.45) is 1.11. The highest BCUT2D eigenvalue weighted by atomic mass is 19.1. The maximum atomic E-state index is 13.7. The summed E-state index contributed by atoms with van der Waals surface area (Å²) in [5.74, 6) is -4.15. The van der Waals surface area contributed by atoms with Gasteiger partial charge in [0.25, 0.3) is 0 Å². The Balaban J connectivity index is 2.14. The number of phenols is 2. The summed E-state index contributed by atoms with van der Waals surface area (Å²) in [6.45, 7) is 0. The second-order valence-electron chi connectivity index (χ2n) is 4.45. The summed E-state index contributed by atoms with van der Waals surface area (Å²) in [5, 5.41) is 21.6. The van der Waals surface area contributed by atoms with Crippen LogP contribution in [0, 0.1) is 17.5 Å². The first kappa shape index (κ1) is 13.9. The Morgan fingerprint density at radius 1 is 0.864 bits per heavy atom. The molecule has 1 aromatic heterocycles. The van der Waals surface area contributed by atoms with Crippen LogP contribution < -0.4 is 5.32 Å². The predicted molar refractivity (Wildman–Crippen MR) is 72.5 cm³/mol. The molecule has 0 amide bonds. The van der Waals surface area contributed by atoms with Crippen LogP contribution in [0.15, 0.2) is 30.6 Å². The van der Waals surface area contributed by atoms with Gasteiger partial charge in [0.05, 0.1) is 5.52 Å². The van der Waals surface area contributed by atoms with Gasteiger partial charge in [0.1, 0.15) is 23.6 Å². The van der Waals surface area contributed by atoms with Gasteiger partial charge in [0.15, 0.2) is 23.1 Å². The van der Waals surface area contributed by atoms with E-state index in [2.05, 4.69) is 15.3 Å². The maximum Gasteiger partial charge on any atom is 0.159 e. The van der Waals surface area contributed by atoms with Gasteiger partial charge in [-0.2, -0.15) is 0 Å². The molecule has 0 bridgehead atoms. The fourth-order valence-electron chi connectivity index (χ4n) is 1.96. The fraction of sp³-hybridized carbons (Fsp3) is 0. The van der Waals surface area contributed by atoms with Crippen molar-refractivity contribution in [2.24, 2.45) is 0 Å². The molecule has 0 radical (unpaired) electrons. The van der Waals surface area contributed by atoms with Crippen LogP contribution in [-0.2, 0) is 0 Å². The minimum atomic E-state index is -1.13. The SMILES string of the molecule is Oc1cc2ncnc(Nc3c(F)cc(F)cc3F)c2cc1O. The van der Waals surface area contributed by atoms with Gasteiger partial charge in [0.2, 0.25) is 0 Å². The molecular formula is C14H8F3N3O2. The standard InChI is InChI=1S/C14H8F3N3O2/c15-6-1-8(16)13(9(17)2-6)20-14-7-3-11(21)12(22)4-10(7)18-5-19-14/h1-5,21-22H,(H,18,19,20). The molecule has 0 aliphatic heterocycles. The van der Waals surface area contributed by atoms with Gasteiger partial charge in [-0.15, -0.1) is 0 Å². The summed E-state index contributed by atoms with van der Waals surface area (Å²) >= 11 is 0. The molecule has 0 fully saturated rings. The number of nitrogens with one attached hydrogen (secondary N) is 1. The van der Waals surface area contributed by atoms with E-state index >= 15 is 0 Å². The zero-order valence-electron chi connectivity index (χ0n) is 10.8. The number of fused-ring (bicyclic) bond motifs is 1. The van der Waals surface area contributed by atoms with Crippen molar-refractivity contribution in [3.05, 3.63) is 48.0 Å².